The van der Waals surface area contributed by atoms with E-state index in [9.17, 15) is 4.79 Å². The highest BCUT2D eigenvalue weighted by molar-refractivity contribution is 9.10. The largest absolute Gasteiger partial charge is 0.393 e. The molecule has 3 N–H and O–H groups in total. The van der Waals surface area contributed by atoms with Gasteiger partial charge in [0.05, 0.1) is 4.99 Å². The van der Waals surface area contributed by atoms with Gasteiger partial charge in [-0.05, 0) is 35.9 Å². The number of halogens is 2. The highest BCUT2D eigenvalue weighted by Crippen LogP contribution is 2.20. The van der Waals surface area contributed by atoms with E-state index in [2.05, 4.69) is 21.2 Å². The third kappa shape index (κ3) is 4.81. The normalized spacial score (nSPS) is 10.2. The summed E-state index contributed by atoms with van der Waals surface area (Å²) in [4.78, 5) is 12.6. The van der Waals surface area contributed by atoms with Crippen LogP contribution in [0.3, 0.4) is 0 Å². The fourth-order valence-corrected chi connectivity index (χ4v) is 2.82. The van der Waals surface area contributed by atoms with Crippen LogP contribution in [0.2, 0.25) is 5.02 Å². The molecule has 0 spiro atoms. The Balaban J connectivity index is 2.10. The van der Waals surface area contributed by atoms with E-state index in [-0.39, 0.29) is 5.91 Å². The minimum atomic E-state index is -0.222. The molecular weight excluding hydrogens is 372 g/mol. The van der Waals surface area contributed by atoms with Crippen LogP contribution in [0.1, 0.15) is 15.9 Å². The third-order valence-corrected chi connectivity index (χ3v) is 3.54. The first-order chi connectivity index (χ1) is 9.94. The molecule has 2 aromatic carbocycles. The van der Waals surface area contributed by atoms with E-state index in [1.807, 2.05) is 24.3 Å². The lowest BCUT2D eigenvalue weighted by Crippen LogP contribution is -2.13. The van der Waals surface area contributed by atoms with Gasteiger partial charge in [0.2, 0.25) is 0 Å². The van der Waals surface area contributed by atoms with Crippen molar-refractivity contribution < 1.29 is 4.79 Å². The smallest absolute Gasteiger partial charge is 0.255 e. The Kier molecular flexibility index (Phi) is 5.33. The quantitative estimate of drug-likeness (QED) is 0.779. The van der Waals surface area contributed by atoms with Gasteiger partial charge >= 0.3 is 0 Å². The van der Waals surface area contributed by atoms with Crippen LogP contribution in [0.4, 0.5) is 5.69 Å². The SMILES string of the molecule is NC(=S)Cc1ccc(NC(=O)c2cc(Cl)cc(Br)c2)cc1. The monoisotopic (exact) mass is 382 g/mol. The maximum atomic E-state index is 12.1. The number of hydrogen-bond acceptors (Lipinski definition) is 2. The van der Waals surface area contributed by atoms with Gasteiger partial charge in [-0.2, -0.15) is 0 Å². The second kappa shape index (κ2) is 7.02. The zero-order valence-electron chi connectivity index (χ0n) is 10.9. The zero-order chi connectivity index (χ0) is 15.4. The van der Waals surface area contributed by atoms with Gasteiger partial charge < -0.3 is 11.1 Å². The van der Waals surface area contributed by atoms with Crippen LogP contribution in [0.5, 0.6) is 0 Å². The van der Waals surface area contributed by atoms with Gasteiger partial charge in [-0.15, -0.1) is 0 Å². The lowest BCUT2D eigenvalue weighted by Gasteiger charge is -2.07. The molecule has 0 aromatic heterocycles. The number of carbonyl (C=O) groups excluding carboxylic acids is 1. The second-order valence-electron chi connectivity index (χ2n) is 4.45. The number of carbonyl (C=O) groups is 1. The zero-order valence-corrected chi connectivity index (χ0v) is 14.1. The van der Waals surface area contributed by atoms with Crippen LogP contribution in [-0.2, 0) is 6.42 Å². The molecule has 0 aliphatic carbocycles. The number of nitrogens with one attached hydrogen (secondary N) is 1. The average Bonchev–Trinajstić information content (AvgIpc) is 2.39. The Bertz CT molecular complexity index is 668. The van der Waals surface area contributed by atoms with Crippen LogP contribution in [0.25, 0.3) is 0 Å². The molecule has 2 aromatic rings. The highest BCUT2D eigenvalue weighted by atomic mass is 79.9. The fraction of sp³-hybridized carbons (Fsp3) is 0.0667. The molecule has 1 amide bonds. The average molecular weight is 384 g/mol. The van der Waals surface area contributed by atoms with Crippen LogP contribution in [-0.4, -0.2) is 10.9 Å². The second-order valence-corrected chi connectivity index (χ2v) is 6.33. The summed E-state index contributed by atoms with van der Waals surface area (Å²) in [5, 5.41) is 3.31. The summed E-state index contributed by atoms with van der Waals surface area (Å²) in [6.45, 7) is 0. The number of benzene rings is 2. The van der Waals surface area contributed by atoms with Gasteiger partial charge in [-0.3, -0.25) is 4.79 Å². The van der Waals surface area contributed by atoms with Crippen LogP contribution in [0.15, 0.2) is 46.9 Å². The Morgan fingerprint density at radius 3 is 2.48 bits per heavy atom. The summed E-state index contributed by atoms with van der Waals surface area (Å²) in [6.07, 6.45) is 0.546. The number of hydrogen-bond donors (Lipinski definition) is 2. The summed E-state index contributed by atoms with van der Waals surface area (Å²) in [5.41, 5.74) is 7.68. The minimum absolute atomic E-state index is 0.222. The summed E-state index contributed by atoms with van der Waals surface area (Å²) in [6, 6.07) is 12.4. The molecule has 0 unspecified atom stereocenters. The van der Waals surface area contributed by atoms with Crippen molar-refractivity contribution in [3.63, 3.8) is 0 Å². The molecule has 0 fully saturated rings. The van der Waals surface area contributed by atoms with Crippen molar-refractivity contribution in [1.29, 1.82) is 0 Å². The Labute approximate surface area is 141 Å². The maximum absolute atomic E-state index is 12.1. The first-order valence-electron chi connectivity index (χ1n) is 6.09. The van der Waals surface area contributed by atoms with Gasteiger partial charge in [0.25, 0.3) is 5.91 Å². The van der Waals surface area contributed by atoms with E-state index < -0.39 is 0 Å². The lowest BCUT2D eigenvalue weighted by molar-refractivity contribution is 0.102. The standard InChI is InChI=1S/C15H12BrClN2OS/c16-11-6-10(7-12(17)8-11)15(20)19-13-3-1-9(2-4-13)5-14(18)21/h1-4,6-8H,5H2,(H2,18,21)(H,19,20). The number of rotatable bonds is 4. The lowest BCUT2D eigenvalue weighted by atomic mass is 10.1. The van der Waals surface area contributed by atoms with Gasteiger partial charge in [-0.1, -0.05) is 51.9 Å². The molecular formula is C15H12BrClN2OS. The first kappa shape index (κ1) is 15.9. The molecule has 108 valence electrons. The van der Waals surface area contributed by atoms with E-state index in [1.165, 1.54) is 0 Å². The molecule has 6 heteroatoms. The number of amides is 1. The Morgan fingerprint density at radius 1 is 1.24 bits per heavy atom. The predicted octanol–water partition coefficient (Wildman–Crippen LogP) is 4.18. The van der Waals surface area contributed by atoms with Gasteiger partial charge in [-0.25, -0.2) is 0 Å². The van der Waals surface area contributed by atoms with Crippen molar-refractivity contribution in [3.05, 3.63) is 63.1 Å². The van der Waals surface area contributed by atoms with Gasteiger partial charge in [0.1, 0.15) is 0 Å². The molecule has 3 nitrogen and oxygen atoms in total. The molecule has 0 radical (unpaired) electrons. The van der Waals surface area contributed by atoms with Crippen molar-refractivity contribution in [2.24, 2.45) is 5.73 Å². The molecule has 0 bridgehead atoms. The maximum Gasteiger partial charge on any atom is 0.255 e. The first-order valence-corrected chi connectivity index (χ1v) is 7.66. The molecule has 0 atom stereocenters. The Hall–Kier alpha value is -1.43. The van der Waals surface area contributed by atoms with Crippen LogP contribution < -0.4 is 11.1 Å². The summed E-state index contributed by atoms with van der Waals surface area (Å²) < 4.78 is 0.756. The molecule has 0 aliphatic heterocycles. The van der Waals surface area contributed by atoms with Gasteiger partial charge in [0.15, 0.2) is 0 Å². The summed E-state index contributed by atoms with van der Waals surface area (Å²) >= 11 is 14.1. The van der Waals surface area contributed by atoms with Crippen molar-refractivity contribution in [1.82, 2.24) is 0 Å². The Morgan fingerprint density at radius 2 is 1.90 bits per heavy atom. The third-order valence-electron chi connectivity index (χ3n) is 2.71. The van der Waals surface area contributed by atoms with Crippen LogP contribution >= 0.6 is 39.7 Å². The summed E-state index contributed by atoms with van der Waals surface area (Å²) in [5.74, 6) is -0.222. The van der Waals surface area contributed by atoms with E-state index in [0.717, 1.165) is 10.0 Å². The molecule has 0 saturated carbocycles. The molecule has 0 aliphatic rings. The number of thiocarbonyl (C=S) groups is 1. The van der Waals surface area contributed by atoms with E-state index in [1.54, 1.807) is 18.2 Å². The summed E-state index contributed by atoms with van der Waals surface area (Å²) in [7, 11) is 0. The fourth-order valence-electron chi connectivity index (χ4n) is 1.80. The molecule has 0 saturated heterocycles. The molecule has 0 heterocycles. The van der Waals surface area contributed by atoms with E-state index >= 15 is 0 Å². The number of anilines is 1. The van der Waals surface area contributed by atoms with Crippen molar-refractivity contribution in [2.75, 3.05) is 5.32 Å². The number of nitrogens with two attached hydrogens (primary N) is 1. The van der Waals surface area contributed by atoms with Crippen LogP contribution in [0, 0.1) is 0 Å². The van der Waals surface area contributed by atoms with E-state index in [4.69, 9.17) is 29.6 Å². The van der Waals surface area contributed by atoms with Crippen molar-refractivity contribution in [2.45, 2.75) is 6.42 Å². The van der Waals surface area contributed by atoms with Gasteiger partial charge in [0, 0.05) is 27.2 Å². The van der Waals surface area contributed by atoms with Crippen molar-refractivity contribution in [3.8, 4) is 0 Å². The molecule has 21 heavy (non-hydrogen) atoms. The minimum Gasteiger partial charge on any atom is -0.393 e. The highest BCUT2D eigenvalue weighted by Gasteiger charge is 2.08. The van der Waals surface area contributed by atoms with Crippen molar-refractivity contribution >= 4 is 56.3 Å². The van der Waals surface area contributed by atoms with E-state index in [0.29, 0.717) is 27.7 Å². The topological polar surface area (TPSA) is 55.1 Å². The predicted molar refractivity (Wildman–Crippen MR) is 94.0 cm³/mol. The molecule has 2 rings (SSSR count).